The summed E-state index contributed by atoms with van der Waals surface area (Å²) in [6, 6.07) is 8.05. The Balaban J connectivity index is 1.81. The second-order valence-corrected chi connectivity index (χ2v) is 9.10. The molecule has 182 valence electrons. The number of carbonyl (C=O) groups excluding carboxylic acids is 2. The molecule has 0 radical (unpaired) electrons. The van der Waals surface area contributed by atoms with Crippen molar-refractivity contribution in [2.45, 2.75) is 45.0 Å². The summed E-state index contributed by atoms with van der Waals surface area (Å²) in [6.45, 7) is 5.03. The molecular formula is C23H22Cl2F3N3O3. The molecule has 34 heavy (non-hydrogen) atoms. The molecule has 0 spiro atoms. The molecule has 0 saturated heterocycles. The number of aryl methyl sites for hydroxylation is 1. The van der Waals surface area contributed by atoms with Crippen molar-refractivity contribution in [2.75, 3.05) is 6.54 Å². The van der Waals surface area contributed by atoms with Gasteiger partial charge in [-0.05, 0) is 62.2 Å². The third-order valence-corrected chi connectivity index (χ3v) is 5.61. The van der Waals surface area contributed by atoms with Gasteiger partial charge in [-0.25, -0.2) is 0 Å². The van der Waals surface area contributed by atoms with E-state index in [1.54, 1.807) is 26.8 Å². The van der Waals surface area contributed by atoms with Crippen molar-refractivity contribution < 1.29 is 27.6 Å². The van der Waals surface area contributed by atoms with Gasteiger partial charge in [0.25, 0.3) is 11.5 Å². The highest BCUT2D eigenvalue weighted by Gasteiger charge is 2.62. The van der Waals surface area contributed by atoms with Gasteiger partial charge in [0.05, 0.1) is 12.3 Å². The Morgan fingerprint density at radius 2 is 1.79 bits per heavy atom. The molecule has 2 amide bonds. The Labute approximate surface area is 204 Å². The molecule has 1 aliphatic heterocycles. The molecule has 1 atom stereocenters. The van der Waals surface area contributed by atoms with Gasteiger partial charge >= 0.3 is 6.18 Å². The largest absolute Gasteiger partial charge is 0.435 e. The summed E-state index contributed by atoms with van der Waals surface area (Å²) in [5, 5.41) is 8.98. The first kappa shape index (κ1) is 25.8. The average molecular weight is 516 g/mol. The lowest BCUT2D eigenvalue weighted by Crippen LogP contribution is -2.42. The van der Waals surface area contributed by atoms with E-state index in [0.717, 1.165) is 12.1 Å². The van der Waals surface area contributed by atoms with Crippen LogP contribution in [0.25, 0.3) is 0 Å². The van der Waals surface area contributed by atoms with E-state index in [0.29, 0.717) is 11.1 Å². The molecule has 2 aromatic rings. The maximum absolute atomic E-state index is 14.2. The van der Waals surface area contributed by atoms with Crippen molar-refractivity contribution in [3.63, 3.8) is 0 Å². The van der Waals surface area contributed by atoms with Crippen molar-refractivity contribution >= 4 is 40.7 Å². The van der Waals surface area contributed by atoms with E-state index in [1.165, 1.54) is 18.2 Å². The quantitative estimate of drug-likeness (QED) is 0.559. The molecular weight excluding hydrogens is 494 g/mol. The summed E-state index contributed by atoms with van der Waals surface area (Å²) in [6.07, 6.45) is -5.41. The first-order chi connectivity index (χ1) is 15.8. The molecule has 2 aromatic carbocycles. The van der Waals surface area contributed by atoms with E-state index < -0.39 is 24.1 Å². The third-order valence-electron chi connectivity index (χ3n) is 5.18. The normalized spacial score (nSPS) is 17.9. The summed E-state index contributed by atoms with van der Waals surface area (Å²) < 4.78 is 42.5. The lowest BCUT2D eigenvalue weighted by atomic mass is 9.86. The molecule has 0 aliphatic carbocycles. The second-order valence-electron chi connectivity index (χ2n) is 8.22. The number of nitrogens with zero attached hydrogens (tertiary/aromatic N) is 1. The van der Waals surface area contributed by atoms with Crippen molar-refractivity contribution in [2.24, 2.45) is 5.16 Å². The van der Waals surface area contributed by atoms with E-state index in [2.05, 4.69) is 15.8 Å². The van der Waals surface area contributed by atoms with E-state index in [-0.39, 0.29) is 45.4 Å². The summed E-state index contributed by atoms with van der Waals surface area (Å²) in [7, 11) is 0. The van der Waals surface area contributed by atoms with Crippen LogP contribution in [0, 0.1) is 6.92 Å². The summed E-state index contributed by atoms with van der Waals surface area (Å²) in [5.74, 6) is -0.814. The van der Waals surface area contributed by atoms with E-state index in [1.807, 2.05) is 0 Å². The number of benzene rings is 2. The van der Waals surface area contributed by atoms with E-state index in [4.69, 9.17) is 28.0 Å². The highest BCUT2D eigenvalue weighted by Crippen LogP contribution is 2.49. The van der Waals surface area contributed by atoms with Crippen LogP contribution in [0.15, 0.2) is 41.6 Å². The van der Waals surface area contributed by atoms with Crippen molar-refractivity contribution in [3.05, 3.63) is 68.7 Å². The highest BCUT2D eigenvalue weighted by molar-refractivity contribution is 6.34. The van der Waals surface area contributed by atoms with Gasteiger partial charge in [0.1, 0.15) is 0 Å². The van der Waals surface area contributed by atoms with Crippen molar-refractivity contribution in [3.8, 4) is 0 Å². The summed E-state index contributed by atoms with van der Waals surface area (Å²) in [4.78, 5) is 29.2. The number of alkyl halides is 3. The number of hydrogen-bond donors (Lipinski definition) is 2. The van der Waals surface area contributed by atoms with Crippen LogP contribution in [0.3, 0.4) is 0 Å². The number of halogens is 5. The Kier molecular flexibility index (Phi) is 7.47. The van der Waals surface area contributed by atoms with Crippen LogP contribution in [0.4, 0.5) is 13.2 Å². The zero-order chi connectivity index (χ0) is 25.3. The number of rotatable bonds is 6. The minimum Gasteiger partial charge on any atom is -0.374 e. The molecule has 0 saturated carbocycles. The number of carbonyl (C=O) groups is 2. The minimum atomic E-state index is -4.81. The van der Waals surface area contributed by atoms with Gasteiger partial charge in [-0.2, -0.15) is 13.2 Å². The van der Waals surface area contributed by atoms with Crippen LogP contribution >= 0.6 is 23.2 Å². The second kappa shape index (κ2) is 9.84. The number of hydrogen-bond acceptors (Lipinski definition) is 4. The number of amides is 2. The molecule has 11 heteroatoms. The zero-order valence-electron chi connectivity index (χ0n) is 18.5. The molecule has 3 rings (SSSR count). The lowest BCUT2D eigenvalue weighted by Gasteiger charge is -2.29. The predicted octanol–water partition coefficient (Wildman–Crippen LogP) is 5.14. The standard InChI is InChI=1S/C23H22Cl2F3N3O3/c1-12(2)30-20(32)11-29-21(33)18-5-4-14(6-13(18)3)19-10-22(34-31-19,23(26,27)28)15-7-16(24)9-17(25)8-15/h4-9,12H,10-11H2,1-3H3,(H,29,33)(H,30,32)/t22-/m0/s1. The molecule has 0 bridgehead atoms. The topological polar surface area (TPSA) is 79.8 Å². The Morgan fingerprint density at radius 3 is 2.35 bits per heavy atom. The van der Waals surface area contributed by atoms with Gasteiger partial charge in [-0.1, -0.05) is 34.4 Å². The molecule has 6 nitrogen and oxygen atoms in total. The Morgan fingerprint density at radius 1 is 1.15 bits per heavy atom. The van der Waals surface area contributed by atoms with Crippen LogP contribution in [0.2, 0.25) is 10.0 Å². The summed E-state index contributed by atoms with van der Waals surface area (Å²) >= 11 is 11.8. The Hall–Kier alpha value is -2.78. The van der Waals surface area contributed by atoms with Crippen LogP contribution < -0.4 is 10.6 Å². The van der Waals surface area contributed by atoms with Crippen molar-refractivity contribution in [1.29, 1.82) is 0 Å². The van der Waals surface area contributed by atoms with Gasteiger partial charge in [-0.15, -0.1) is 0 Å². The fourth-order valence-corrected chi connectivity index (χ4v) is 4.10. The molecule has 0 fully saturated rings. The predicted molar refractivity (Wildman–Crippen MR) is 123 cm³/mol. The number of nitrogens with one attached hydrogen (secondary N) is 2. The van der Waals surface area contributed by atoms with Gasteiger partial charge in [0.2, 0.25) is 5.91 Å². The van der Waals surface area contributed by atoms with Gasteiger partial charge in [-0.3, -0.25) is 9.59 Å². The zero-order valence-corrected chi connectivity index (χ0v) is 20.0. The smallest absolute Gasteiger partial charge is 0.374 e. The van der Waals surface area contributed by atoms with Gasteiger partial charge < -0.3 is 15.5 Å². The van der Waals surface area contributed by atoms with E-state index >= 15 is 0 Å². The molecule has 2 N–H and O–H groups in total. The fourth-order valence-electron chi connectivity index (χ4n) is 3.57. The van der Waals surface area contributed by atoms with Gasteiger partial charge in [0.15, 0.2) is 0 Å². The first-order valence-corrected chi connectivity index (χ1v) is 11.0. The van der Waals surface area contributed by atoms with Crippen LogP contribution in [-0.2, 0) is 15.2 Å². The molecule has 0 aromatic heterocycles. The molecule has 1 aliphatic rings. The first-order valence-electron chi connectivity index (χ1n) is 10.3. The lowest BCUT2D eigenvalue weighted by molar-refractivity contribution is -0.275. The van der Waals surface area contributed by atoms with Crippen LogP contribution in [0.1, 0.15) is 47.3 Å². The van der Waals surface area contributed by atoms with Gasteiger partial charge in [0, 0.05) is 33.6 Å². The molecule has 1 heterocycles. The fraction of sp³-hybridized carbons (Fsp3) is 0.348. The van der Waals surface area contributed by atoms with Crippen molar-refractivity contribution in [1.82, 2.24) is 10.6 Å². The summed E-state index contributed by atoms with van der Waals surface area (Å²) in [5.41, 5.74) is -1.80. The van der Waals surface area contributed by atoms with Crippen LogP contribution in [-0.4, -0.2) is 36.3 Å². The monoisotopic (exact) mass is 515 g/mol. The minimum absolute atomic E-state index is 0.0384. The van der Waals surface area contributed by atoms with Crippen LogP contribution in [0.5, 0.6) is 0 Å². The Bertz CT molecular complexity index is 1130. The number of oxime groups is 1. The SMILES string of the molecule is Cc1cc(C2=NO[C@@](c3cc(Cl)cc(Cl)c3)(C(F)(F)F)C2)ccc1C(=O)NCC(=O)NC(C)C. The third kappa shape index (κ3) is 5.47. The highest BCUT2D eigenvalue weighted by atomic mass is 35.5. The maximum atomic E-state index is 14.2. The molecule has 0 unspecified atom stereocenters. The average Bonchev–Trinajstić information content (AvgIpc) is 3.18. The maximum Gasteiger partial charge on any atom is 0.435 e. The van der Waals surface area contributed by atoms with E-state index in [9.17, 15) is 22.8 Å².